The minimum absolute atomic E-state index is 0.109. The standard InChI is InChI=1S/C18H16ClF2N3O4S.C15H8ClF5N2O2S/c1-2-28-16(25)6-3-10-7-13(20)18(23-17(10)21)24-29(26,27)15-9-22-14-8-11(19)4-5-12(14)15;16-7-1-2-8-12(3-7)22-6-14(8)26(24,25)23-13-5-10(17)9(4-11(13)18)15(19,20)21/h4-5,7-9,22H,2-3,6H2,1H3,(H,23,24);1-6,22-23H. The molecule has 0 atom stereocenters. The van der Waals surface area contributed by atoms with Gasteiger partial charge in [-0.25, -0.2) is 30.0 Å². The number of sulfonamides is 2. The van der Waals surface area contributed by atoms with Gasteiger partial charge in [0.15, 0.2) is 11.6 Å². The van der Waals surface area contributed by atoms with Crippen LogP contribution >= 0.6 is 23.2 Å². The summed E-state index contributed by atoms with van der Waals surface area (Å²) in [4.78, 5) is 19.7. The number of esters is 1. The van der Waals surface area contributed by atoms with Gasteiger partial charge in [0, 0.05) is 62.3 Å². The zero-order valence-electron chi connectivity index (χ0n) is 27.6. The molecule has 292 valence electrons. The van der Waals surface area contributed by atoms with Crippen molar-refractivity contribution in [3.8, 4) is 0 Å². The van der Waals surface area contributed by atoms with E-state index in [1.165, 1.54) is 42.6 Å². The highest BCUT2D eigenvalue weighted by Gasteiger charge is 2.36. The summed E-state index contributed by atoms with van der Waals surface area (Å²) >= 11 is 11.7. The molecule has 4 N–H and O–H groups in total. The van der Waals surface area contributed by atoms with Gasteiger partial charge in [0.2, 0.25) is 5.95 Å². The number of carbonyl (C=O) groups is 1. The molecule has 0 radical (unpaired) electrons. The smallest absolute Gasteiger partial charge is 0.419 e. The van der Waals surface area contributed by atoms with Crippen LogP contribution in [0.1, 0.15) is 24.5 Å². The monoisotopic (exact) mass is 853 g/mol. The average Bonchev–Trinajstić information content (AvgIpc) is 3.72. The van der Waals surface area contributed by atoms with Crippen LogP contribution in [0.2, 0.25) is 10.0 Å². The fourth-order valence-electron chi connectivity index (χ4n) is 5.03. The van der Waals surface area contributed by atoms with E-state index in [0.29, 0.717) is 26.5 Å². The summed E-state index contributed by atoms with van der Waals surface area (Å²) in [5.41, 5.74) is -2.11. The maximum atomic E-state index is 14.3. The number of fused-ring (bicyclic) bond motifs is 2. The second-order valence-corrected chi connectivity index (χ2v) is 15.5. The van der Waals surface area contributed by atoms with Crippen LogP contribution in [0.4, 0.5) is 42.2 Å². The van der Waals surface area contributed by atoms with Crippen LogP contribution < -0.4 is 9.44 Å². The molecule has 22 heteroatoms. The number of carbonyl (C=O) groups excluding carboxylic acids is 1. The molecule has 55 heavy (non-hydrogen) atoms. The maximum absolute atomic E-state index is 14.3. The zero-order chi connectivity index (χ0) is 40.5. The van der Waals surface area contributed by atoms with Crippen molar-refractivity contribution in [2.75, 3.05) is 16.1 Å². The Morgan fingerprint density at radius 2 is 1.33 bits per heavy atom. The van der Waals surface area contributed by atoms with E-state index in [0.717, 1.165) is 12.3 Å². The summed E-state index contributed by atoms with van der Waals surface area (Å²) in [6, 6.07) is 9.64. The molecule has 0 unspecified atom stereocenters. The fourth-order valence-corrected chi connectivity index (χ4v) is 7.80. The Bertz CT molecular complexity index is 2660. The molecular weight excluding hydrogens is 830 g/mol. The summed E-state index contributed by atoms with van der Waals surface area (Å²) < 4.78 is 152. The largest absolute Gasteiger partial charge is 0.466 e. The first-order valence-electron chi connectivity index (χ1n) is 15.4. The van der Waals surface area contributed by atoms with Gasteiger partial charge in [-0.15, -0.1) is 0 Å². The Kier molecular flexibility index (Phi) is 11.9. The SMILES string of the molecule is CCOC(=O)CCc1cc(F)c(NS(=O)(=O)c2c[nH]c3cc(Cl)ccc23)nc1F.O=S(=O)(Nc1cc(F)c(C(F)(F)F)cc1F)c1c[nH]c2cc(Cl)ccc12. The number of alkyl halides is 3. The van der Waals surface area contributed by atoms with Crippen molar-refractivity contribution in [1.82, 2.24) is 15.0 Å². The molecule has 0 amide bonds. The number of hydrogen-bond donors (Lipinski definition) is 4. The van der Waals surface area contributed by atoms with Crippen LogP contribution in [-0.4, -0.2) is 44.4 Å². The zero-order valence-corrected chi connectivity index (χ0v) is 30.7. The molecule has 3 aromatic carbocycles. The van der Waals surface area contributed by atoms with Gasteiger partial charge >= 0.3 is 12.1 Å². The Morgan fingerprint density at radius 1 is 0.782 bits per heavy atom. The lowest BCUT2D eigenvalue weighted by Gasteiger charge is -2.12. The molecular formula is C33H24Cl2F7N5O6S2. The molecule has 0 aliphatic carbocycles. The van der Waals surface area contributed by atoms with Crippen molar-refractivity contribution in [3.05, 3.63) is 112 Å². The molecule has 0 spiro atoms. The number of ether oxygens (including phenoxy) is 1. The molecule has 6 aromatic rings. The van der Waals surface area contributed by atoms with Crippen LogP contribution in [0.15, 0.2) is 76.8 Å². The normalized spacial score (nSPS) is 12.0. The highest BCUT2D eigenvalue weighted by Crippen LogP contribution is 2.35. The molecule has 0 aliphatic heterocycles. The van der Waals surface area contributed by atoms with E-state index in [1.54, 1.807) is 11.6 Å². The van der Waals surface area contributed by atoms with Gasteiger partial charge in [0.25, 0.3) is 20.0 Å². The van der Waals surface area contributed by atoms with Crippen molar-refractivity contribution < 1.29 is 57.1 Å². The Labute approximate surface area is 316 Å². The van der Waals surface area contributed by atoms with Gasteiger partial charge in [0.05, 0.1) is 17.9 Å². The third kappa shape index (κ3) is 9.43. The minimum atomic E-state index is -5.11. The highest BCUT2D eigenvalue weighted by molar-refractivity contribution is 7.93. The molecule has 6 rings (SSSR count). The van der Waals surface area contributed by atoms with E-state index >= 15 is 0 Å². The number of nitrogens with zero attached hydrogens (tertiary/aromatic N) is 1. The minimum Gasteiger partial charge on any atom is -0.466 e. The molecule has 0 saturated heterocycles. The van der Waals surface area contributed by atoms with E-state index in [2.05, 4.69) is 15.0 Å². The Morgan fingerprint density at radius 3 is 1.85 bits per heavy atom. The van der Waals surface area contributed by atoms with Crippen molar-refractivity contribution in [2.45, 2.75) is 35.7 Å². The number of H-pyrrole nitrogens is 2. The Balaban J connectivity index is 0.000000212. The predicted octanol–water partition coefficient (Wildman–Crippen LogP) is 8.71. The van der Waals surface area contributed by atoms with E-state index < -0.39 is 72.7 Å². The van der Waals surface area contributed by atoms with Crippen molar-refractivity contribution in [1.29, 1.82) is 0 Å². The molecule has 0 bridgehead atoms. The van der Waals surface area contributed by atoms with Gasteiger partial charge in [0.1, 0.15) is 21.4 Å². The molecule has 0 fully saturated rings. The number of rotatable bonds is 10. The number of halogens is 9. The second-order valence-electron chi connectivity index (χ2n) is 11.3. The van der Waals surface area contributed by atoms with E-state index in [9.17, 15) is 52.4 Å². The lowest BCUT2D eigenvalue weighted by Crippen LogP contribution is -2.16. The summed E-state index contributed by atoms with van der Waals surface area (Å²) in [7, 11) is -8.67. The summed E-state index contributed by atoms with van der Waals surface area (Å²) in [5.74, 6) is -6.87. The van der Waals surface area contributed by atoms with E-state index in [1.807, 2.05) is 4.72 Å². The fraction of sp³-hybridized carbons (Fsp3) is 0.152. The molecule has 3 heterocycles. The van der Waals surface area contributed by atoms with Crippen molar-refractivity contribution in [2.24, 2.45) is 0 Å². The lowest BCUT2D eigenvalue weighted by atomic mass is 10.1. The first-order chi connectivity index (χ1) is 25.7. The third-order valence-corrected chi connectivity index (χ3v) is 10.8. The number of benzene rings is 3. The van der Waals surface area contributed by atoms with Gasteiger partial charge < -0.3 is 14.7 Å². The number of pyridine rings is 1. The molecule has 11 nitrogen and oxygen atoms in total. The number of anilines is 2. The lowest BCUT2D eigenvalue weighted by molar-refractivity contribution is -0.143. The highest BCUT2D eigenvalue weighted by atomic mass is 35.5. The second kappa shape index (κ2) is 16.0. The van der Waals surface area contributed by atoms with Crippen molar-refractivity contribution >= 4 is 82.5 Å². The molecule has 0 aliphatic rings. The summed E-state index contributed by atoms with van der Waals surface area (Å²) in [5, 5.41) is 1.29. The van der Waals surface area contributed by atoms with Crippen LogP contribution in [-0.2, 0) is 42.2 Å². The quantitative estimate of drug-likeness (QED) is 0.0609. The molecule has 0 saturated carbocycles. The number of aryl methyl sites for hydroxylation is 1. The van der Waals surface area contributed by atoms with Gasteiger partial charge in [-0.05, 0) is 61.9 Å². The van der Waals surface area contributed by atoms with Crippen LogP contribution in [0.5, 0.6) is 0 Å². The van der Waals surface area contributed by atoms with E-state index in [-0.39, 0.29) is 52.3 Å². The van der Waals surface area contributed by atoms with Crippen LogP contribution in [0.25, 0.3) is 21.8 Å². The Hall–Kier alpha value is -5.05. The van der Waals surface area contributed by atoms with E-state index in [4.69, 9.17) is 27.9 Å². The summed E-state index contributed by atoms with van der Waals surface area (Å²) in [6.07, 6.45) is -3.09. The first-order valence-corrected chi connectivity index (χ1v) is 19.1. The number of aromatic amines is 2. The van der Waals surface area contributed by atoms with Gasteiger partial charge in [-0.3, -0.25) is 14.2 Å². The third-order valence-electron chi connectivity index (χ3n) is 7.53. The number of aromatic nitrogens is 3. The predicted molar refractivity (Wildman–Crippen MR) is 189 cm³/mol. The van der Waals surface area contributed by atoms with Gasteiger partial charge in [-0.2, -0.15) is 22.5 Å². The maximum Gasteiger partial charge on any atom is 0.419 e. The molecule has 3 aromatic heterocycles. The first kappa shape index (κ1) is 41.1. The van der Waals surface area contributed by atoms with Crippen LogP contribution in [0, 0.1) is 23.4 Å². The number of nitrogens with one attached hydrogen (secondary N) is 4. The average molecular weight is 855 g/mol. The number of hydrogen-bond acceptors (Lipinski definition) is 7. The topological polar surface area (TPSA) is 163 Å². The van der Waals surface area contributed by atoms with Crippen LogP contribution in [0.3, 0.4) is 0 Å². The van der Waals surface area contributed by atoms with Gasteiger partial charge in [-0.1, -0.05) is 23.2 Å². The summed E-state index contributed by atoms with van der Waals surface area (Å²) in [6.45, 7) is 1.80. The van der Waals surface area contributed by atoms with Crippen molar-refractivity contribution in [3.63, 3.8) is 0 Å².